The summed E-state index contributed by atoms with van der Waals surface area (Å²) in [6, 6.07) is 6.61. The zero-order valence-corrected chi connectivity index (χ0v) is 13.8. The predicted molar refractivity (Wildman–Crippen MR) is 90.6 cm³/mol. The molecule has 0 bridgehead atoms. The molecule has 128 valence electrons. The highest BCUT2D eigenvalue weighted by Crippen LogP contribution is 2.18. The third-order valence-corrected chi connectivity index (χ3v) is 3.49. The number of amides is 1. The molecule has 1 amide bonds. The molecule has 0 aliphatic heterocycles. The van der Waals surface area contributed by atoms with Crippen LogP contribution in [0.15, 0.2) is 30.5 Å². The average molecular weight is 361 g/mol. The molecular weight excluding hydrogens is 348 g/mol. The van der Waals surface area contributed by atoms with E-state index >= 15 is 0 Å². The van der Waals surface area contributed by atoms with Crippen LogP contribution in [0.1, 0.15) is 27.8 Å². The Hall–Kier alpha value is -3.20. The van der Waals surface area contributed by atoms with Crippen LogP contribution in [0.4, 0.5) is 11.5 Å². The van der Waals surface area contributed by atoms with Gasteiger partial charge in [0, 0.05) is 10.7 Å². The molecule has 9 nitrogen and oxygen atoms in total. The second-order valence-corrected chi connectivity index (χ2v) is 5.35. The molecule has 3 N–H and O–H groups in total. The van der Waals surface area contributed by atoms with Crippen LogP contribution in [0.25, 0.3) is 5.65 Å². The number of fused-ring (bicyclic) bond motifs is 1. The van der Waals surface area contributed by atoms with Gasteiger partial charge in [0.25, 0.3) is 5.91 Å². The number of nitrogens with two attached hydrogens (primary N) is 1. The number of hydrogen-bond acceptors (Lipinski definition) is 7. The smallest absolute Gasteiger partial charge is 0.343 e. The molecule has 0 unspecified atom stereocenters. The van der Waals surface area contributed by atoms with Gasteiger partial charge in [-0.2, -0.15) is 9.61 Å². The van der Waals surface area contributed by atoms with Gasteiger partial charge in [-0.05, 0) is 25.1 Å². The van der Waals surface area contributed by atoms with Crippen molar-refractivity contribution in [3.8, 4) is 0 Å². The number of nitrogens with one attached hydrogen (secondary N) is 1. The first-order valence-corrected chi connectivity index (χ1v) is 7.63. The number of nitrogens with zero attached hydrogens (tertiary/aromatic N) is 4. The molecule has 2 heterocycles. The third-order valence-electron chi connectivity index (χ3n) is 3.25. The van der Waals surface area contributed by atoms with Crippen molar-refractivity contribution in [3.63, 3.8) is 0 Å². The second-order valence-electron chi connectivity index (χ2n) is 4.91. The van der Waals surface area contributed by atoms with E-state index in [1.165, 1.54) is 6.20 Å². The van der Waals surface area contributed by atoms with Gasteiger partial charge in [-0.15, -0.1) is 10.2 Å². The van der Waals surface area contributed by atoms with Gasteiger partial charge < -0.3 is 15.8 Å². The average Bonchev–Trinajstić information content (AvgIpc) is 3.00. The van der Waals surface area contributed by atoms with Crippen LogP contribution in [0.3, 0.4) is 0 Å². The SMILES string of the molecule is CCOC(=O)c1cnn2c(N)c(C(=O)Nc3cccc(Cl)c3)nnc12. The Kier molecular flexibility index (Phi) is 4.48. The van der Waals surface area contributed by atoms with Crippen molar-refractivity contribution in [2.75, 3.05) is 17.7 Å². The first-order chi connectivity index (χ1) is 12.0. The number of anilines is 2. The number of carbonyl (C=O) groups is 2. The lowest BCUT2D eigenvalue weighted by Crippen LogP contribution is -2.19. The highest BCUT2D eigenvalue weighted by Gasteiger charge is 2.21. The van der Waals surface area contributed by atoms with E-state index in [1.54, 1.807) is 31.2 Å². The summed E-state index contributed by atoms with van der Waals surface area (Å²) in [4.78, 5) is 24.2. The van der Waals surface area contributed by atoms with E-state index in [0.717, 1.165) is 4.52 Å². The number of hydrogen-bond donors (Lipinski definition) is 2. The van der Waals surface area contributed by atoms with Gasteiger partial charge in [-0.3, -0.25) is 4.79 Å². The predicted octanol–water partition coefficient (Wildman–Crippen LogP) is 1.79. The van der Waals surface area contributed by atoms with Gasteiger partial charge in [0.15, 0.2) is 17.2 Å². The molecule has 0 fully saturated rings. The molecule has 0 saturated heterocycles. The number of esters is 1. The molecule has 25 heavy (non-hydrogen) atoms. The van der Waals surface area contributed by atoms with Crippen LogP contribution in [-0.2, 0) is 4.74 Å². The van der Waals surface area contributed by atoms with Gasteiger partial charge in [0.05, 0.1) is 12.8 Å². The minimum Gasteiger partial charge on any atom is -0.462 e. The fourth-order valence-electron chi connectivity index (χ4n) is 2.13. The Bertz CT molecular complexity index is 971. The van der Waals surface area contributed by atoms with Crippen molar-refractivity contribution in [3.05, 3.63) is 46.7 Å². The molecule has 0 aliphatic carbocycles. The van der Waals surface area contributed by atoms with Crippen LogP contribution in [0, 0.1) is 0 Å². The standard InChI is InChI=1S/C15H13ClN6O3/c1-2-25-15(24)10-7-18-22-12(17)11(20-21-13(10)22)14(23)19-9-5-3-4-8(16)6-9/h3-7H,2,17H2,1H3,(H,19,23). The number of nitrogen functional groups attached to an aromatic ring is 1. The highest BCUT2D eigenvalue weighted by molar-refractivity contribution is 6.31. The maximum Gasteiger partial charge on any atom is 0.343 e. The lowest BCUT2D eigenvalue weighted by atomic mass is 10.3. The summed E-state index contributed by atoms with van der Waals surface area (Å²) in [5.41, 5.74) is 6.52. The Morgan fingerprint density at radius 1 is 1.36 bits per heavy atom. The van der Waals surface area contributed by atoms with E-state index in [9.17, 15) is 9.59 Å². The van der Waals surface area contributed by atoms with E-state index in [4.69, 9.17) is 22.1 Å². The van der Waals surface area contributed by atoms with Crippen molar-refractivity contribution in [2.24, 2.45) is 0 Å². The molecule has 1 aromatic carbocycles. The van der Waals surface area contributed by atoms with Crippen LogP contribution in [0.2, 0.25) is 5.02 Å². The second kappa shape index (κ2) is 6.73. The molecule has 2 aromatic heterocycles. The van der Waals surface area contributed by atoms with Crippen molar-refractivity contribution in [1.82, 2.24) is 19.8 Å². The fourth-order valence-corrected chi connectivity index (χ4v) is 2.32. The van der Waals surface area contributed by atoms with Gasteiger partial charge in [0.2, 0.25) is 0 Å². The summed E-state index contributed by atoms with van der Waals surface area (Å²) in [6.45, 7) is 1.89. The lowest BCUT2D eigenvalue weighted by molar-refractivity contribution is 0.0528. The summed E-state index contributed by atoms with van der Waals surface area (Å²) in [5.74, 6) is -1.23. The van der Waals surface area contributed by atoms with Crippen molar-refractivity contribution >= 4 is 40.6 Å². The van der Waals surface area contributed by atoms with E-state index in [1.807, 2.05) is 0 Å². The Morgan fingerprint density at radius 3 is 2.88 bits per heavy atom. The Labute approximate surface area is 146 Å². The number of rotatable bonds is 4. The van der Waals surface area contributed by atoms with Crippen LogP contribution < -0.4 is 11.1 Å². The van der Waals surface area contributed by atoms with Gasteiger partial charge in [-0.25, -0.2) is 4.79 Å². The first-order valence-electron chi connectivity index (χ1n) is 7.25. The Morgan fingerprint density at radius 2 is 2.16 bits per heavy atom. The van der Waals surface area contributed by atoms with Crippen LogP contribution >= 0.6 is 11.6 Å². The van der Waals surface area contributed by atoms with E-state index in [-0.39, 0.29) is 29.3 Å². The fraction of sp³-hybridized carbons (Fsp3) is 0.133. The minimum absolute atomic E-state index is 0.0555. The summed E-state index contributed by atoms with van der Waals surface area (Å²) in [7, 11) is 0. The maximum atomic E-state index is 12.4. The number of halogens is 1. The molecule has 0 saturated carbocycles. The molecule has 0 aliphatic rings. The summed E-state index contributed by atoms with van der Waals surface area (Å²) in [6.07, 6.45) is 1.26. The molecule has 0 spiro atoms. The molecular formula is C15H13ClN6O3. The van der Waals surface area contributed by atoms with Crippen molar-refractivity contribution in [2.45, 2.75) is 6.92 Å². The molecule has 0 radical (unpaired) electrons. The third kappa shape index (κ3) is 3.22. The quantitative estimate of drug-likeness (QED) is 0.679. The van der Waals surface area contributed by atoms with E-state index in [2.05, 4.69) is 20.6 Å². The topological polar surface area (TPSA) is 124 Å². The molecule has 10 heteroatoms. The van der Waals surface area contributed by atoms with Gasteiger partial charge >= 0.3 is 5.97 Å². The van der Waals surface area contributed by atoms with E-state index < -0.39 is 11.9 Å². The largest absolute Gasteiger partial charge is 0.462 e. The van der Waals surface area contributed by atoms with Gasteiger partial charge in [0.1, 0.15) is 5.56 Å². The Balaban J connectivity index is 1.94. The summed E-state index contributed by atoms with van der Waals surface area (Å²) >= 11 is 5.88. The number of aromatic nitrogens is 4. The molecule has 0 atom stereocenters. The zero-order chi connectivity index (χ0) is 18.0. The zero-order valence-electron chi connectivity index (χ0n) is 13.1. The number of benzene rings is 1. The molecule has 3 aromatic rings. The normalized spacial score (nSPS) is 10.6. The monoisotopic (exact) mass is 360 g/mol. The maximum absolute atomic E-state index is 12.4. The minimum atomic E-state index is -0.595. The molecule has 3 rings (SSSR count). The van der Waals surface area contributed by atoms with Crippen LogP contribution in [0.5, 0.6) is 0 Å². The summed E-state index contributed by atoms with van der Waals surface area (Å²) in [5, 5.41) is 14.7. The van der Waals surface area contributed by atoms with Gasteiger partial charge in [-0.1, -0.05) is 17.7 Å². The number of ether oxygens (including phenoxy) is 1. The number of carbonyl (C=O) groups excluding carboxylic acids is 2. The highest BCUT2D eigenvalue weighted by atomic mass is 35.5. The van der Waals surface area contributed by atoms with Crippen molar-refractivity contribution < 1.29 is 14.3 Å². The summed E-state index contributed by atoms with van der Waals surface area (Å²) < 4.78 is 6.07. The first kappa shape index (κ1) is 16.7. The van der Waals surface area contributed by atoms with E-state index in [0.29, 0.717) is 10.7 Å². The van der Waals surface area contributed by atoms with Crippen molar-refractivity contribution in [1.29, 1.82) is 0 Å². The lowest BCUT2D eigenvalue weighted by Gasteiger charge is -2.07. The van der Waals surface area contributed by atoms with Crippen LogP contribution in [-0.4, -0.2) is 38.3 Å².